The van der Waals surface area contributed by atoms with Gasteiger partial charge in [-0.2, -0.15) is 0 Å². The van der Waals surface area contributed by atoms with Crippen LogP contribution in [0.4, 0.5) is 14.5 Å². The van der Waals surface area contributed by atoms with E-state index < -0.39 is 23.2 Å². The molecule has 0 atom stereocenters. The number of non-ortho nitro benzene ring substituents is 1. The minimum atomic E-state index is -0.784. The first-order chi connectivity index (χ1) is 11.5. The van der Waals surface area contributed by atoms with Crippen molar-refractivity contribution in [2.24, 2.45) is 0 Å². The molecular formula is C16H10F2N2O4. The van der Waals surface area contributed by atoms with Crippen LogP contribution in [-0.4, -0.2) is 15.2 Å². The topological polar surface area (TPSA) is 89.4 Å². The third-order valence-corrected chi connectivity index (χ3v) is 3.42. The predicted octanol–water partition coefficient (Wildman–Crippen LogP) is 3.69. The Balaban J connectivity index is 2.08. The standard InChI is InChI=1S/C16H10F2N2O4/c17-11-5-10(6-12(18)7-11)15-14(8-21)16(24-19-15)9-1-3-13(4-2-9)20(22)23/h1-7,21H,8H2. The van der Waals surface area contributed by atoms with E-state index >= 15 is 0 Å². The molecular weight excluding hydrogens is 322 g/mol. The first kappa shape index (κ1) is 15.8. The second-order valence-electron chi connectivity index (χ2n) is 4.96. The Bertz CT molecular complexity index is 887. The molecule has 1 heterocycles. The zero-order chi connectivity index (χ0) is 17.3. The Labute approximate surface area is 134 Å². The van der Waals surface area contributed by atoms with Crippen LogP contribution in [-0.2, 0) is 6.61 Å². The van der Waals surface area contributed by atoms with Crippen molar-refractivity contribution in [1.29, 1.82) is 0 Å². The largest absolute Gasteiger partial charge is 0.391 e. The number of hydrogen-bond acceptors (Lipinski definition) is 5. The molecule has 0 spiro atoms. The summed E-state index contributed by atoms with van der Waals surface area (Å²) < 4.78 is 31.9. The van der Waals surface area contributed by atoms with Crippen molar-refractivity contribution in [3.05, 3.63) is 69.8 Å². The molecule has 1 N–H and O–H groups in total. The number of hydrogen-bond donors (Lipinski definition) is 1. The average Bonchev–Trinajstić information content (AvgIpc) is 2.98. The van der Waals surface area contributed by atoms with Crippen LogP contribution < -0.4 is 0 Å². The third kappa shape index (κ3) is 2.86. The highest BCUT2D eigenvalue weighted by Crippen LogP contribution is 2.33. The van der Waals surface area contributed by atoms with Crippen LogP contribution in [0.3, 0.4) is 0 Å². The molecule has 0 saturated heterocycles. The second kappa shape index (κ2) is 6.17. The van der Waals surface area contributed by atoms with Gasteiger partial charge in [-0.1, -0.05) is 5.16 Å². The molecule has 1 aromatic heterocycles. The fourth-order valence-corrected chi connectivity index (χ4v) is 2.33. The van der Waals surface area contributed by atoms with Gasteiger partial charge in [0.25, 0.3) is 5.69 Å². The fraction of sp³-hybridized carbons (Fsp3) is 0.0625. The maximum Gasteiger partial charge on any atom is 0.269 e. The molecule has 0 radical (unpaired) electrons. The lowest BCUT2D eigenvalue weighted by atomic mass is 10.0. The van der Waals surface area contributed by atoms with Crippen LogP contribution in [0.2, 0.25) is 0 Å². The van der Waals surface area contributed by atoms with E-state index in [0.29, 0.717) is 5.56 Å². The van der Waals surface area contributed by atoms with Crippen molar-refractivity contribution in [3.8, 4) is 22.6 Å². The van der Waals surface area contributed by atoms with E-state index in [0.717, 1.165) is 18.2 Å². The molecule has 24 heavy (non-hydrogen) atoms. The normalized spacial score (nSPS) is 10.8. The van der Waals surface area contributed by atoms with Crippen molar-refractivity contribution < 1.29 is 23.3 Å². The van der Waals surface area contributed by atoms with E-state index in [1.807, 2.05) is 0 Å². The minimum Gasteiger partial charge on any atom is -0.391 e. The van der Waals surface area contributed by atoms with Crippen molar-refractivity contribution >= 4 is 5.69 Å². The highest BCUT2D eigenvalue weighted by molar-refractivity contribution is 5.73. The molecule has 0 saturated carbocycles. The zero-order valence-corrected chi connectivity index (χ0v) is 12.1. The number of aliphatic hydroxyl groups is 1. The highest BCUT2D eigenvalue weighted by atomic mass is 19.1. The monoisotopic (exact) mass is 332 g/mol. The number of rotatable bonds is 4. The highest BCUT2D eigenvalue weighted by Gasteiger charge is 2.20. The Morgan fingerprint density at radius 3 is 2.25 bits per heavy atom. The number of halogens is 2. The Hall–Kier alpha value is -3.13. The molecule has 0 unspecified atom stereocenters. The van der Waals surface area contributed by atoms with Gasteiger partial charge in [0.2, 0.25) is 0 Å². The van der Waals surface area contributed by atoms with Crippen LogP contribution in [0, 0.1) is 21.7 Å². The van der Waals surface area contributed by atoms with E-state index in [2.05, 4.69) is 5.16 Å². The van der Waals surface area contributed by atoms with Gasteiger partial charge < -0.3 is 9.63 Å². The van der Waals surface area contributed by atoms with Gasteiger partial charge >= 0.3 is 0 Å². The summed E-state index contributed by atoms with van der Waals surface area (Å²) in [6.07, 6.45) is 0. The molecule has 8 heteroatoms. The van der Waals surface area contributed by atoms with Gasteiger partial charge in [-0.15, -0.1) is 0 Å². The number of aromatic nitrogens is 1. The second-order valence-corrected chi connectivity index (χ2v) is 4.96. The average molecular weight is 332 g/mol. The summed E-state index contributed by atoms with van der Waals surface area (Å²) >= 11 is 0. The van der Waals surface area contributed by atoms with Crippen LogP contribution >= 0.6 is 0 Å². The number of nitro benzene ring substituents is 1. The molecule has 0 fully saturated rings. The maximum atomic E-state index is 13.4. The maximum absolute atomic E-state index is 13.4. The Kier molecular flexibility index (Phi) is 4.05. The number of nitrogens with zero attached hydrogens (tertiary/aromatic N) is 2. The molecule has 122 valence electrons. The van der Waals surface area contributed by atoms with Gasteiger partial charge in [0.05, 0.1) is 17.1 Å². The lowest BCUT2D eigenvalue weighted by Crippen LogP contribution is -1.91. The molecule has 0 bridgehead atoms. The summed E-state index contributed by atoms with van der Waals surface area (Å²) in [6, 6.07) is 8.29. The molecule has 3 aromatic rings. The van der Waals surface area contributed by atoms with Crippen LogP contribution in [0.25, 0.3) is 22.6 Å². The Morgan fingerprint density at radius 1 is 1.08 bits per heavy atom. The molecule has 0 amide bonds. The van der Waals surface area contributed by atoms with Gasteiger partial charge in [-0.25, -0.2) is 8.78 Å². The first-order valence-corrected chi connectivity index (χ1v) is 6.80. The summed E-state index contributed by atoms with van der Waals surface area (Å²) in [5.41, 5.74) is 0.795. The van der Waals surface area contributed by atoms with Crippen molar-refractivity contribution in [2.75, 3.05) is 0 Å². The van der Waals surface area contributed by atoms with Crippen molar-refractivity contribution in [3.63, 3.8) is 0 Å². The molecule has 0 aliphatic heterocycles. The van der Waals surface area contributed by atoms with Gasteiger partial charge in [-0.05, 0) is 24.3 Å². The minimum absolute atomic E-state index is 0.101. The van der Waals surface area contributed by atoms with E-state index in [1.165, 1.54) is 24.3 Å². The van der Waals surface area contributed by atoms with Crippen LogP contribution in [0.1, 0.15) is 5.56 Å². The van der Waals surface area contributed by atoms with Gasteiger partial charge in [-0.3, -0.25) is 10.1 Å². The molecule has 0 aliphatic rings. The van der Waals surface area contributed by atoms with Crippen molar-refractivity contribution in [1.82, 2.24) is 5.16 Å². The summed E-state index contributed by atoms with van der Waals surface area (Å²) in [6.45, 7) is -0.483. The fourth-order valence-electron chi connectivity index (χ4n) is 2.33. The van der Waals surface area contributed by atoms with E-state index in [1.54, 1.807) is 0 Å². The van der Waals surface area contributed by atoms with Gasteiger partial charge in [0.15, 0.2) is 5.76 Å². The van der Waals surface area contributed by atoms with Crippen LogP contribution in [0.15, 0.2) is 47.0 Å². The first-order valence-electron chi connectivity index (χ1n) is 6.80. The summed E-state index contributed by atoms with van der Waals surface area (Å²) in [5, 5.41) is 24.1. The smallest absolute Gasteiger partial charge is 0.269 e. The summed E-state index contributed by atoms with van der Waals surface area (Å²) in [7, 11) is 0. The lowest BCUT2D eigenvalue weighted by molar-refractivity contribution is -0.384. The zero-order valence-electron chi connectivity index (χ0n) is 12.1. The van der Waals surface area contributed by atoms with Gasteiger partial charge in [0, 0.05) is 29.3 Å². The third-order valence-electron chi connectivity index (χ3n) is 3.42. The number of aliphatic hydroxyl groups excluding tert-OH is 1. The lowest BCUT2D eigenvalue weighted by Gasteiger charge is -2.02. The van der Waals surface area contributed by atoms with Crippen molar-refractivity contribution in [2.45, 2.75) is 6.61 Å². The number of nitro groups is 1. The van der Waals surface area contributed by atoms with Crippen LogP contribution in [0.5, 0.6) is 0 Å². The number of benzene rings is 2. The molecule has 3 rings (SSSR count). The van der Waals surface area contributed by atoms with E-state index in [-0.39, 0.29) is 28.3 Å². The summed E-state index contributed by atoms with van der Waals surface area (Å²) in [5.74, 6) is -1.39. The quantitative estimate of drug-likeness (QED) is 0.581. The molecule has 0 aliphatic carbocycles. The predicted molar refractivity (Wildman–Crippen MR) is 79.9 cm³/mol. The van der Waals surface area contributed by atoms with E-state index in [4.69, 9.17) is 4.52 Å². The Morgan fingerprint density at radius 2 is 1.71 bits per heavy atom. The molecule has 6 nitrogen and oxygen atoms in total. The molecule has 2 aromatic carbocycles. The van der Waals surface area contributed by atoms with E-state index in [9.17, 15) is 24.0 Å². The van der Waals surface area contributed by atoms with Gasteiger partial charge in [0.1, 0.15) is 17.3 Å². The SMILES string of the molecule is O=[N+]([O-])c1ccc(-c2onc(-c3cc(F)cc(F)c3)c2CO)cc1. The summed E-state index contributed by atoms with van der Waals surface area (Å²) in [4.78, 5) is 10.1.